The lowest BCUT2D eigenvalue weighted by Crippen LogP contribution is -1.96. The first-order valence-corrected chi connectivity index (χ1v) is 5.36. The van der Waals surface area contributed by atoms with Gasteiger partial charge in [0.25, 0.3) is 5.88 Å². The summed E-state index contributed by atoms with van der Waals surface area (Å²) < 4.78 is 18.7. The number of hydrogen-bond acceptors (Lipinski definition) is 3. The van der Waals surface area contributed by atoms with Gasteiger partial charge in [-0.05, 0) is 18.2 Å². The van der Waals surface area contributed by atoms with Gasteiger partial charge in [0.05, 0.1) is 15.7 Å². The molecule has 0 saturated heterocycles. The van der Waals surface area contributed by atoms with Crippen molar-refractivity contribution in [2.24, 2.45) is 0 Å². The smallest absolute Gasteiger partial charge is 0.256 e. The third kappa shape index (κ3) is 2.60. The van der Waals surface area contributed by atoms with Crippen LogP contribution < -0.4 is 10.5 Å². The minimum Gasteiger partial charge on any atom is -0.433 e. The molecule has 0 unspecified atom stereocenters. The van der Waals surface area contributed by atoms with Gasteiger partial charge < -0.3 is 10.5 Å². The molecular weight excluding hydrogens is 266 g/mol. The van der Waals surface area contributed by atoms with Crippen molar-refractivity contribution in [1.29, 1.82) is 0 Å². The van der Waals surface area contributed by atoms with Crippen molar-refractivity contribution in [3.8, 4) is 11.6 Å². The van der Waals surface area contributed by atoms with Crippen LogP contribution in [0.1, 0.15) is 0 Å². The number of pyridine rings is 1. The van der Waals surface area contributed by atoms with Gasteiger partial charge in [-0.25, -0.2) is 9.37 Å². The molecule has 0 atom stereocenters. The Kier molecular flexibility index (Phi) is 3.36. The summed E-state index contributed by atoms with van der Waals surface area (Å²) in [5.74, 6) is -0.742. The summed E-state index contributed by atoms with van der Waals surface area (Å²) in [5.41, 5.74) is 5.96. The molecule has 0 fully saturated rings. The highest BCUT2D eigenvalue weighted by atomic mass is 35.5. The van der Waals surface area contributed by atoms with E-state index in [4.69, 9.17) is 33.7 Å². The molecule has 2 N–H and O–H groups in total. The molecule has 0 radical (unpaired) electrons. The van der Waals surface area contributed by atoms with Crippen LogP contribution in [0.4, 0.5) is 10.1 Å². The Hall–Kier alpha value is -1.52. The van der Waals surface area contributed by atoms with E-state index in [-0.39, 0.29) is 21.7 Å². The average Bonchev–Trinajstić information content (AvgIpc) is 2.26. The van der Waals surface area contributed by atoms with E-state index in [1.807, 2.05) is 0 Å². The van der Waals surface area contributed by atoms with Crippen molar-refractivity contribution in [2.45, 2.75) is 0 Å². The fourth-order valence-electron chi connectivity index (χ4n) is 1.21. The molecule has 0 amide bonds. The molecule has 3 nitrogen and oxygen atoms in total. The monoisotopic (exact) mass is 272 g/mol. The molecule has 0 aliphatic rings. The topological polar surface area (TPSA) is 48.1 Å². The SMILES string of the molecule is Nc1cccc(Cl)c1Oc1ncc(Cl)cc1F. The summed E-state index contributed by atoms with van der Waals surface area (Å²) in [6.45, 7) is 0. The molecule has 2 aromatic rings. The summed E-state index contributed by atoms with van der Waals surface area (Å²) in [5, 5.41) is 0.461. The van der Waals surface area contributed by atoms with E-state index in [9.17, 15) is 4.39 Å². The highest BCUT2D eigenvalue weighted by molar-refractivity contribution is 6.32. The molecule has 0 bridgehead atoms. The van der Waals surface area contributed by atoms with Crippen molar-refractivity contribution in [3.05, 3.63) is 46.3 Å². The standard InChI is InChI=1S/C11H7Cl2FN2O/c12-6-4-8(14)11(16-5-6)17-10-7(13)2-1-3-9(10)15/h1-5H,15H2. The second-order valence-electron chi connectivity index (χ2n) is 3.20. The molecule has 0 aliphatic carbocycles. The van der Waals surface area contributed by atoms with Crippen LogP contribution >= 0.6 is 23.2 Å². The molecule has 0 saturated carbocycles. The first kappa shape index (κ1) is 12.0. The fourth-order valence-corrected chi connectivity index (χ4v) is 1.57. The molecule has 0 spiro atoms. The van der Waals surface area contributed by atoms with Crippen LogP contribution in [0, 0.1) is 5.82 Å². The van der Waals surface area contributed by atoms with Crippen LogP contribution in [0.5, 0.6) is 11.6 Å². The summed E-state index contributed by atoms with van der Waals surface area (Å²) in [7, 11) is 0. The molecule has 1 aromatic carbocycles. The van der Waals surface area contributed by atoms with E-state index in [0.717, 1.165) is 6.07 Å². The summed E-state index contributed by atoms with van der Waals surface area (Å²) in [6.07, 6.45) is 1.27. The zero-order chi connectivity index (χ0) is 12.4. The van der Waals surface area contributed by atoms with Gasteiger partial charge in [0, 0.05) is 6.20 Å². The van der Waals surface area contributed by atoms with Crippen LogP contribution in [0.15, 0.2) is 30.5 Å². The van der Waals surface area contributed by atoms with Gasteiger partial charge in [-0.1, -0.05) is 29.3 Å². The third-order valence-corrected chi connectivity index (χ3v) is 2.47. The van der Waals surface area contributed by atoms with Crippen LogP contribution in [0.2, 0.25) is 10.0 Å². The molecule has 0 aliphatic heterocycles. The number of aromatic nitrogens is 1. The van der Waals surface area contributed by atoms with Crippen LogP contribution in [0.25, 0.3) is 0 Å². The Morgan fingerprint density at radius 2 is 2.06 bits per heavy atom. The van der Waals surface area contributed by atoms with E-state index >= 15 is 0 Å². The van der Waals surface area contributed by atoms with Crippen LogP contribution in [-0.4, -0.2) is 4.98 Å². The number of hydrogen-bond donors (Lipinski definition) is 1. The first-order chi connectivity index (χ1) is 8.08. The largest absolute Gasteiger partial charge is 0.433 e. The van der Waals surface area contributed by atoms with Crippen LogP contribution in [0.3, 0.4) is 0 Å². The van der Waals surface area contributed by atoms with Gasteiger partial charge in [-0.15, -0.1) is 0 Å². The second kappa shape index (κ2) is 4.77. The second-order valence-corrected chi connectivity index (χ2v) is 4.04. The van der Waals surface area contributed by atoms with E-state index in [0.29, 0.717) is 5.69 Å². The van der Waals surface area contributed by atoms with E-state index in [1.54, 1.807) is 18.2 Å². The number of anilines is 1. The molecule has 2 rings (SSSR count). The van der Waals surface area contributed by atoms with E-state index in [1.165, 1.54) is 6.20 Å². The normalized spacial score (nSPS) is 10.3. The minimum absolute atomic E-state index is 0.169. The average molecular weight is 273 g/mol. The van der Waals surface area contributed by atoms with Crippen molar-refractivity contribution < 1.29 is 9.13 Å². The Balaban J connectivity index is 2.38. The van der Waals surface area contributed by atoms with Gasteiger partial charge in [0.1, 0.15) is 0 Å². The summed E-state index contributed by atoms with van der Waals surface area (Å²) in [6, 6.07) is 5.93. The lowest BCUT2D eigenvalue weighted by atomic mass is 10.3. The zero-order valence-electron chi connectivity index (χ0n) is 8.45. The minimum atomic E-state index is -0.684. The maximum absolute atomic E-state index is 13.4. The number of nitrogens with zero attached hydrogens (tertiary/aromatic N) is 1. The quantitative estimate of drug-likeness (QED) is 0.844. The Morgan fingerprint density at radius 1 is 1.29 bits per heavy atom. The maximum atomic E-state index is 13.4. The van der Waals surface area contributed by atoms with E-state index < -0.39 is 5.82 Å². The molecular formula is C11H7Cl2FN2O. The first-order valence-electron chi connectivity index (χ1n) is 4.61. The Labute approximate surface area is 107 Å². The summed E-state index contributed by atoms with van der Waals surface area (Å²) in [4.78, 5) is 3.71. The van der Waals surface area contributed by atoms with Crippen molar-refractivity contribution in [3.63, 3.8) is 0 Å². The number of ether oxygens (including phenoxy) is 1. The number of nitrogens with two attached hydrogens (primary N) is 1. The number of nitrogen functional groups attached to an aromatic ring is 1. The third-order valence-electron chi connectivity index (χ3n) is 1.97. The lowest BCUT2D eigenvalue weighted by molar-refractivity contribution is 0.425. The predicted molar refractivity (Wildman–Crippen MR) is 65.1 cm³/mol. The fraction of sp³-hybridized carbons (Fsp3) is 0. The maximum Gasteiger partial charge on any atom is 0.256 e. The highest BCUT2D eigenvalue weighted by Crippen LogP contribution is 2.34. The predicted octanol–water partition coefficient (Wildman–Crippen LogP) is 3.90. The Bertz CT molecular complexity index is 543. The van der Waals surface area contributed by atoms with Crippen molar-refractivity contribution >= 4 is 28.9 Å². The number of para-hydroxylation sites is 1. The van der Waals surface area contributed by atoms with Gasteiger partial charge in [-0.3, -0.25) is 0 Å². The Morgan fingerprint density at radius 3 is 2.71 bits per heavy atom. The van der Waals surface area contributed by atoms with Gasteiger partial charge >= 0.3 is 0 Å². The van der Waals surface area contributed by atoms with Crippen molar-refractivity contribution in [1.82, 2.24) is 4.98 Å². The molecule has 17 heavy (non-hydrogen) atoms. The van der Waals surface area contributed by atoms with Crippen LogP contribution in [-0.2, 0) is 0 Å². The molecule has 1 heterocycles. The molecule has 6 heteroatoms. The molecule has 1 aromatic heterocycles. The van der Waals surface area contributed by atoms with Gasteiger partial charge in [-0.2, -0.15) is 0 Å². The zero-order valence-corrected chi connectivity index (χ0v) is 9.97. The summed E-state index contributed by atoms with van der Waals surface area (Å²) >= 11 is 11.5. The van der Waals surface area contributed by atoms with E-state index in [2.05, 4.69) is 4.98 Å². The highest BCUT2D eigenvalue weighted by Gasteiger charge is 2.12. The number of halogens is 3. The van der Waals surface area contributed by atoms with Gasteiger partial charge in [0.2, 0.25) is 0 Å². The number of rotatable bonds is 2. The molecule has 88 valence electrons. The van der Waals surface area contributed by atoms with Gasteiger partial charge in [0.15, 0.2) is 11.6 Å². The number of benzene rings is 1. The van der Waals surface area contributed by atoms with Crippen molar-refractivity contribution in [2.75, 3.05) is 5.73 Å². The lowest BCUT2D eigenvalue weighted by Gasteiger charge is -2.09.